The van der Waals surface area contributed by atoms with Gasteiger partial charge in [-0.2, -0.15) is 0 Å². The minimum atomic E-state index is 0.0293. The van der Waals surface area contributed by atoms with E-state index in [9.17, 15) is 4.79 Å². The fourth-order valence-corrected chi connectivity index (χ4v) is 4.25. The first-order valence-electron chi connectivity index (χ1n) is 9.14. The van der Waals surface area contributed by atoms with Gasteiger partial charge in [-0.15, -0.1) is 10.2 Å². The maximum absolute atomic E-state index is 12.3. The number of carbonyl (C=O) groups excluding carboxylic acids is 1. The molecule has 132 valence electrons. The zero-order valence-corrected chi connectivity index (χ0v) is 15.4. The first-order valence-corrected chi connectivity index (χ1v) is 10.1. The number of thioether (sulfide) groups is 1. The van der Waals surface area contributed by atoms with Crippen molar-refractivity contribution in [3.05, 3.63) is 41.2 Å². The monoisotopic (exact) mass is 356 g/mol. The van der Waals surface area contributed by atoms with Crippen LogP contribution in [-0.4, -0.2) is 26.4 Å². The first-order chi connectivity index (χ1) is 12.2. The van der Waals surface area contributed by atoms with Gasteiger partial charge in [0.05, 0.1) is 11.8 Å². The van der Waals surface area contributed by atoms with Gasteiger partial charge in [0.1, 0.15) is 6.33 Å². The van der Waals surface area contributed by atoms with Gasteiger partial charge >= 0.3 is 0 Å². The molecule has 1 aromatic heterocycles. The predicted molar refractivity (Wildman–Crippen MR) is 98.7 cm³/mol. The molecular formula is C19H24N4OS. The van der Waals surface area contributed by atoms with Gasteiger partial charge in [0.2, 0.25) is 5.91 Å². The molecule has 1 amide bonds. The molecule has 1 fully saturated rings. The predicted octanol–water partition coefficient (Wildman–Crippen LogP) is 3.46. The van der Waals surface area contributed by atoms with Gasteiger partial charge in [0.25, 0.3) is 0 Å². The zero-order valence-electron chi connectivity index (χ0n) is 14.6. The summed E-state index contributed by atoms with van der Waals surface area (Å²) in [6, 6.07) is 7.23. The lowest BCUT2D eigenvalue weighted by Crippen LogP contribution is -2.28. The van der Waals surface area contributed by atoms with E-state index in [0.29, 0.717) is 11.8 Å². The summed E-state index contributed by atoms with van der Waals surface area (Å²) in [6.45, 7) is 2.06. The largest absolute Gasteiger partial charge is 0.349 e. The number of nitrogens with one attached hydrogen (secondary N) is 1. The van der Waals surface area contributed by atoms with E-state index in [2.05, 4.69) is 45.2 Å². The molecule has 5 nitrogen and oxygen atoms in total. The van der Waals surface area contributed by atoms with Crippen LogP contribution in [0, 0.1) is 0 Å². The Morgan fingerprint density at radius 2 is 2.12 bits per heavy atom. The summed E-state index contributed by atoms with van der Waals surface area (Å²) in [5.41, 5.74) is 4.13. The third kappa shape index (κ3) is 3.89. The highest BCUT2D eigenvalue weighted by atomic mass is 32.2. The standard InChI is InChI=1S/C19H24N4OS/c1-13(15-7-6-14-4-2-3-5-16(14)10-15)21-18(24)11-25-19-22-20-12-23(19)17-8-9-17/h6-7,10,12-13,17H,2-5,8-9,11H2,1H3,(H,21,24). The molecule has 1 saturated carbocycles. The van der Waals surface area contributed by atoms with E-state index < -0.39 is 0 Å². The molecule has 1 N–H and O–H groups in total. The summed E-state index contributed by atoms with van der Waals surface area (Å²) in [5, 5.41) is 12.1. The number of carbonyl (C=O) groups is 1. The van der Waals surface area contributed by atoms with E-state index in [0.717, 1.165) is 11.6 Å². The van der Waals surface area contributed by atoms with Crippen molar-refractivity contribution < 1.29 is 4.79 Å². The molecule has 25 heavy (non-hydrogen) atoms. The lowest BCUT2D eigenvalue weighted by Gasteiger charge is -2.20. The number of nitrogens with zero attached hydrogens (tertiary/aromatic N) is 3. The molecule has 0 aliphatic heterocycles. The van der Waals surface area contributed by atoms with E-state index in [4.69, 9.17) is 0 Å². The van der Waals surface area contributed by atoms with Gasteiger partial charge in [0, 0.05) is 6.04 Å². The SMILES string of the molecule is CC(NC(=O)CSc1nncn1C1CC1)c1ccc2c(c1)CCCC2. The van der Waals surface area contributed by atoms with Crippen molar-refractivity contribution in [2.24, 2.45) is 0 Å². The second kappa shape index (κ2) is 7.20. The highest BCUT2D eigenvalue weighted by Crippen LogP contribution is 2.37. The molecule has 0 spiro atoms. The van der Waals surface area contributed by atoms with Crippen molar-refractivity contribution in [1.29, 1.82) is 0 Å². The number of aromatic nitrogens is 3. The summed E-state index contributed by atoms with van der Waals surface area (Å²) in [7, 11) is 0. The second-order valence-electron chi connectivity index (χ2n) is 7.07. The average molecular weight is 356 g/mol. The molecule has 1 unspecified atom stereocenters. The quantitative estimate of drug-likeness (QED) is 0.805. The molecule has 2 aliphatic carbocycles. The number of hydrogen-bond acceptors (Lipinski definition) is 4. The third-order valence-corrected chi connectivity index (χ3v) is 6.02. The van der Waals surface area contributed by atoms with Gasteiger partial charge in [-0.25, -0.2) is 0 Å². The first kappa shape index (κ1) is 16.6. The Hall–Kier alpha value is -1.82. The van der Waals surface area contributed by atoms with Crippen LogP contribution >= 0.6 is 11.8 Å². The number of aryl methyl sites for hydroxylation is 2. The fourth-order valence-electron chi connectivity index (χ4n) is 3.46. The summed E-state index contributed by atoms with van der Waals surface area (Å²) in [4.78, 5) is 12.3. The number of benzene rings is 1. The van der Waals surface area contributed by atoms with Crippen LogP contribution < -0.4 is 5.32 Å². The van der Waals surface area contributed by atoms with Crippen molar-refractivity contribution in [3.8, 4) is 0 Å². The Morgan fingerprint density at radius 3 is 2.92 bits per heavy atom. The maximum Gasteiger partial charge on any atom is 0.230 e. The average Bonchev–Trinajstić information content (AvgIpc) is 3.37. The van der Waals surface area contributed by atoms with Crippen LogP contribution in [0.4, 0.5) is 0 Å². The van der Waals surface area contributed by atoms with E-state index in [1.165, 1.54) is 60.6 Å². The highest BCUT2D eigenvalue weighted by Gasteiger charge is 2.26. The highest BCUT2D eigenvalue weighted by molar-refractivity contribution is 7.99. The molecule has 0 radical (unpaired) electrons. The summed E-state index contributed by atoms with van der Waals surface area (Å²) >= 11 is 1.47. The van der Waals surface area contributed by atoms with Gasteiger partial charge in [-0.1, -0.05) is 30.0 Å². The van der Waals surface area contributed by atoms with Gasteiger partial charge in [-0.3, -0.25) is 4.79 Å². The van der Waals surface area contributed by atoms with Crippen LogP contribution in [0.1, 0.15) is 61.4 Å². The molecular weight excluding hydrogens is 332 g/mol. The molecule has 1 heterocycles. The summed E-state index contributed by atoms with van der Waals surface area (Å²) < 4.78 is 2.09. The van der Waals surface area contributed by atoms with Crippen LogP contribution in [-0.2, 0) is 17.6 Å². The third-order valence-electron chi connectivity index (χ3n) is 5.06. The van der Waals surface area contributed by atoms with Crippen LogP contribution in [0.15, 0.2) is 29.7 Å². The number of rotatable bonds is 6. The van der Waals surface area contributed by atoms with Crippen LogP contribution in [0.25, 0.3) is 0 Å². The minimum Gasteiger partial charge on any atom is -0.349 e. The van der Waals surface area contributed by atoms with Crippen LogP contribution in [0.5, 0.6) is 0 Å². The van der Waals surface area contributed by atoms with Crippen molar-refractivity contribution >= 4 is 17.7 Å². The lowest BCUT2D eigenvalue weighted by atomic mass is 9.89. The van der Waals surface area contributed by atoms with Crippen molar-refractivity contribution in [3.63, 3.8) is 0 Å². The number of hydrogen-bond donors (Lipinski definition) is 1. The molecule has 2 aliphatic rings. The van der Waals surface area contributed by atoms with E-state index in [1.807, 2.05) is 0 Å². The number of fused-ring (bicyclic) bond motifs is 1. The number of amides is 1. The van der Waals surface area contributed by atoms with Gasteiger partial charge < -0.3 is 9.88 Å². The van der Waals surface area contributed by atoms with Crippen molar-refractivity contribution in [1.82, 2.24) is 20.1 Å². The second-order valence-corrected chi connectivity index (χ2v) is 8.01. The maximum atomic E-state index is 12.3. The Labute approximate surface area is 152 Å². The molecule has 1 atom stereocenters. The minimum absolute atomic E-state index is 0.0293. The smallest absolute Gasteiger partial charge is 0.230 e. The van der Waals surface area contributed by atoms with Gasteiger partial charge in [-0.05, 0) is 62.1 Å². The van der Waals surface area contributed by atoms with Gasteiger partial charge in [0.15, 0.2) is 5.16 Å². The Bertz CT molecular complexity index is 769. The summed E-state index contributed by atoms with van der Waals surface area (Å²) in [6.07, 6.45) is 9.07. The molecule has 0 saturated heterocycles. The van der Waals surface area contributed by atoms with E-state index >= 15 is 0 Å². The Kier molecular flexibility index (Phi) is 4.79. The van der Waals surface area contributed by atoms with Crippen molar-refractivity contribution in [2.45, 2.75) is 62.7 Å². The van der Waals surface area contributed by atoms with Crippen molar-refractivity contribution in [2.75, 3.05) is 5.75 Å². The molecule has 2 aromatic rings. The lowest BCUT2D eigenvalue weighted by molar-refractivity contribution is -0.119. The fraction of sp³-hybridized carbons (Fsp3) is 0.526. The summed E-state index contributed by atoms with van der Waals surface area (Å²) in [5.74, 6) is 0.418. The molecule has 0 bridgehead atoms. The molecule has 4 rings (SSSR count). The van der Waals surface area contributed by atoms with Crippen LogP contribution in [0.3, 0.4) is 0 Å². The Balaban J connectivity index is 1.33. The zero-order chi connectivity index (χ0) is 17.2. The normalized spacial score (nSPS) is 17.8. The van der Waals surface area contributed by atoms with Crippen LogP contribution in [0.2, 0.25) is 0 Å². The molecule has 1 aromatic carbocycles. The topological polar surface area (TPSA) is 59.8 Å². The van der Waals surface area contributed by atoms with E-state index in [-0.39, 0.29) is 11.9 Å². The molecule has 6 heteroatoms. The van der Waals surface area contributed by atoms with E-state index in [1.54, 1.807) is 6.33 Å². The Morgan fingerprint density at radius 1 is 1.32 bits per heavy atom.